The molecule has 0 amide bonds. The van der Waals surface area contributed by atoms with E-state index in [1.807, 2.05) is 73.7 Å². The topological polar surface area (TPSA) is 31.4 Å². The highest BCUT2D eigenvalue weighted by molar-refractivity contribution is 5.87. The molecule has 1 heterocycles. The van der Waals surface area contributed by atoms with Crippen LogP contribution in [0.25, 0.3) is 17.0 Å². The standard InChI is InChI=1S/C19H17NO2/c1-2-21-14-13-16-8-6-7-15-11-12-18(20-19(15)16)22-17-9-4-3-5-10-17/h3-14H,2H2,1H3. The first-order chi connectivity index (χ1) is 10.9. The highest BCUT2D eigenvalue weighted by Crippen LogP contribution is 2.24. The van der Waals surface area contributed by atoms with Crippen molar-refractivity contribution in [1.29, 1.82) is 0 Å². The number of rotatable bonds is 5. The summed E-state index contributed by atoms with van der Waals surface area (Å²) in [5, 5.41) is 1.07. The molecule has 0 N–H and O–H groups in total. The fraction of sp³-hybridized carbons (Fsp3) is 0.105. The van der Waals surface area contributed by atoms with E-state index in [2.05, 4.69) is 4.98 Å². The van der Waals surface area contributed by atoms with Gasteiger partial charge < -0.3 is 9.47 Å². The van der Waals surface area contributed by atoms with E-state index < -0.39 is 0 Å². The molecule has 0 aliphatic heterocycles. The molecular weight excluding hydrogens is 274 g/mol. The largest absolute Gasteiger partial charge is 0.501 e. The van der Waals surface area contributed by atoms with Crippen molar-refractivity contribution >= 4 is 17.0 Å². The quantitative estimate of drug-likeness (QED) is 0.617. The summed E-state index contributed by atoms with van der Waals surface area (Å²) in [5.41, 5.74) is 1.90. The van der Waals surface area contributed by atoms with E-state index in [4.69, 9.17) is 9.47 Å². The predicted molar refractivity (Wildman–Crippen MR) is 88.9 cm³/mol. The molecule has 0 fully saturated rings. The van der Waals surface area contributed by atoms with Crippen molar-refractivity contribution in [3.8, 4) is 11.6 Å². The van der Waals surface area contributed by atoms with Crippen molar-refractivity contribution in [2.24, 2.45) is 0 Å². The van der Waals surface area contributed by atoms with Gasteiger partial charge >= 0.3 is 0 Å². The first-order valence-electron chi connectivity index (χ1n) is 7.27. The maximum Gasteiger partial charge on any atom is 0.219 e. The van der Waals surface area contributed by atoms with Crippen LogP contribution >= 0.6 is 0 Å². The van der Waals surface area contributed by atoms with E-state index >= 15 is 0 Å². The third-order valence-electron chi connectivity index (χ3n) is 3.20. The van der Waals surface area contributed by atoms with E-state index in [0.29, 0.717) is 12.5 Å². The Labute approximate surface area is 129 Å². The van der Waals surface area contributed by atoms with Crippen LogP contribution in [0.4, 0.5) is 0 Å². The molecule has 3 nitrogen and oxygen atoms in total. The minimum Gasteiger partial charge on any atom is -0.501 e. The average Bonchev–Trinajstić information content (AvgIpc) is 2.56. The number of benzene rings is 2. The molecule has 2 aromatic carbocycles. The molecule has 1 aromatic heterocycles. The third-order valence-corrected chi connectivity index (χ3v) is 3.20. The first kappa shape index (κ1) is 14.1. The summed E-state index contributed by atoms with van der Waals surface area (Å²) in [6.45, 7) is 2.61. The second-order valence-electron chi connectivity index (χ2n) is 4.74. The summed E-state index contributed by atoms with van der Waals surface area (Å²) in [6, 6.07) is 19.6. The Morgan fingerprint density at radius 1 is 0.955 bits per heavy atom. The van der Waals surface area contributed by atoms with Crippen molar-refractivity contribution in [3.05, 3.63) is 72.5 Å². The molecule has 3 aromatic rings. The van der Waals surface area contributed by atoms with Gasteiger partial charge in [-0.15, -0.1) is 0 Å². The highest BCUT2D eigenvalue weighted by atomic mass is 16.5. The summed E-state index contributed by atoms with van der Waals surface area (Å²) in [6.07, 6.45) is 3.62. The monoisotopic (exact) mass is 291 g/mol. The molecule has 3 heteroatoms. The minimum atomic E-state index is 0.580. The van der Waals surface area contributed by atoms with Gasteiger partial charge in [-0.25, -0.2) is 4.98 Å². The second kappa shape index (κ2) is 6.76. The Morgan fingerprint density at radius 2 is 1.82 bits per heavy atom. The number of pyridine rings is 1. The van der Waals surface area contributed by atoms with Crippen LogP contribution in [0.3, 0.4) is 0 Å². The molecule has 0 saturated carbocycles. The molecule has 0 aliphatic carbocycles. The van der Waals surface area contributed by atoms with Crippen molar-refractivity contribution in [2.75, 3.05) is 6.61 Å². The molecule has 3 rings (SSSR count). The molecule has 0 saturated heterocycles. The molecule has 110 valence electrons. The smallest absolute Gasteiger partial charge is 0.219 e. The van der Waals surface area contributed by atoms with Gasteiger partial charge in [0.15, 0.2) is 0 Å². The van der Waals surface area contributed by atoms with Crippen LogP contribution in [-0.2, 0) is 4.74 Å². The van der Waals surface area contributed by atoms with E-state index in [0.717, 1.165) is 22.2 Å². The van der Waals surface area contributed by atoms with Crippen LogP contribution < -0.4 is 4.74 Å². The second-order valence-corrected chi connectivity index (χ2v) is 4.74. The summed E-state index contributed by atoms with van der Waals surface area (Å²) in [5.74, 6) is 1.35. The SMILES string of the molecule is CCOC=Cc1cccc2ccc(Oc3ccccc3)nc12. The Morgan fingerprint density at radius 3 is 2.64 bits per heavy atom. The maximum absolute atomic E-state index is 5.80. The van der Waals surface area contributed by atoms with Gasteiger partial charge in [-0.3, -0.25) is 0 Å². The van der Waals surface area contributed by atoms with Gasteiger partial charge in [0.2, 0.25) is 5.88 Å². The third kappa shape index (κ3) is 3.26. The van der Waals surface area contributed by atoms with Gasteiger partial charge in [-0.1, -0.05) is 36.4 Å². The number of hydrogen-bond acceptors (Lipinski definition) is 3. The minimum absolute atomic E-state index is 0.580. The first-order valence-corrected chi connectivity index (χ1v) is 7.27. The highest BCUT2D eigenvalue weighted by Gasteiger charge is 2.04. The lowest BCUT2D eigenvalue weighted by atomic mass is 10.1. The molecule has 0 unspecified atom stereocenters. The molecule has 22 heavy (non-hydrogen) atoms. The molecular formula is C19H17NO2. The van der Waals surface area contributed by atoms with Crippen LogP contribution in [0.15, 0.2) is 66.9 Å². The summed E-state index contributed by atoms with van der Waals surface area (Å²) in [4.78, 5) is 4.62. The lowest BCUT2D eigenvalue weighted by Gasteiger charge is -2.07. The number of para-hydroxylation sites is 2. The average molecular weight is 291 g/mol. The van der Waals surface area contributed by atoms with E-state index in [-0.39, 0.29) is 0 Å². The normalized spacial score (nSPS) is 11.0. The summed E-state index contributed by atoms with van der Waals surface area (Å²) in [7, 11) is 0. The van der Waals surface area contributed by atoms with Gasteiger partial charge in [0.25, 0.3) is 0 Å². The maximum atomic E-state index is 5.80. The lowest BCUT2D eigenvalue weighted by molar-refractivity contribution is 0.272. The van der Waals surface area contributed by atoms with Crippen LogP contribution in [-0.4, -0.2) is 11.6 Å². The van der Waals surface area contributed by atoms with E-state index in [1.54, 1.807) is 6.26 Å². The summed E-state index contributed by atoms with van der Waals surface area (Å²) >= 11 is 0. The predicted octanol–water partition coefficient (Wildman–Crippen LogP) is 5.03. The Balaban J connectivity index is 1.95. The molecule has 0 bridgehead atoms. The number of ether oxygens (including phenoxy) is 2. The van der Waals surface area contributed by atoms with Crippen molar-refractivity contribution < 1.29 is 9.47 Å². The van der Waals surface area contributed by atoms with Gasteiger partial charge in [0.05, 0.1) is 18.4 Å². The molecule has 0 radical (unpaired) electrons. The van der Waals surface area contributed by atoms with Crippen LogP contribution in [0.2, 0.25) is 0 Å². The van der Waals surface area contributed by atoms with Crippen LogP contribution in [0, 0.1) is 0 Å². The number of fused-ring (bicyclic) bond motifs is 1. The number of aromatic nitrogens is 1. The lowest BCUT2D eigenvalue weighted by Crippen LogP contribution is -1.90. The fourth-order valence-electron chi connectivity index (χ4n) is 2.17. The van der Waals surface area contributed by atoms with Crippen LogP contribution in [0.5, 0.6) is 11.6 Å². The fourth-order valence-corrected chi connectivity index (χ4v) is 2.17. The van der Waals surface area contributed by atoms with Crippen molar-refractivity contribution in [1.82, 2.24) is 4.98 Å². The van der Waals surface area contributed by atoms with Crippen molar-refractivity contribution in [3.63, 3.8) is 0 Å². The van der Waals surface area contributed by atoms with E-state index in [1.165, 1.54) is 0 Å². The number of nitrogens with zero attached hydrogens (tertiary/aromatic N) is 1. The summed E-state index contributed by atoms with van der Waals surface area (Å²) < 4.78 is 11.1. The van der Waals surface area contributed by atoms with Crippen molar-refractivity contribution in [2.45, 2.75) is 6.92 Å². The Hall–Kier alpha value is -2.81. The Bertz CT molecular complexity index is 782. The molecule has 0 aliphatic rings. The van der Waals surface area contributed by atoms with Gasteiger partial charge in [-0.05, 0) is 31.2 Å². The zero-order valence-electron chi connectivity index (χ0n) is 12.4. The van der Waals surface area contributed by atoms with Gasteiger partial charge in [-0.2, -0.15) is 0 Å². The molecule has 0 spiro atoms. The number of hydrogen-bond donors (Lipinski definition) is 0. The zero-order valence-corrected chi connectivity index (χ0v) is 12.4. The van der Waals surface area contributed by atoms with Gasteiger partial charge in [0.1, 0.15) is 5.75 Å². The molecule has 0 atom stereocenters. The van der Waals surface area contributed by atoms with Crippen LogP contribution in [0.1, 0.15) is 12.5 Å². The van der Waals surface area contributed by atoms with Gasteiger partial charge in [0, 0.05) is 17.0 Å². The Kier molecular flexibility index (Phi) is 4.35. The van der Waals surface area contributed by atoms with E-state index in [9.17, 15) is 0 Å². The zero-order chi connectivity index (χ0) is 15.2.